The summed E-state index contributed by atoms with van der Waals surface area (Å²) in [5, 5.41) is 4.13. The van der Waals surface area contributed by atoms with Crippen molar-refractivity contribution in [3.05, 3.63) is 137 Å². The molecule has 10 atom stereocenters. The molecule has 2 heterocycles. The largest absolute Gasteiger partial charge is 0.497 e. The molecule has 0 bridgehead atoms. The molecule has 4 aromatic carbocycles. The summed E-state index contributed by atoms with van der Waals surface area (Å²) in [5.74, 6) is -1.12. The second kappa shape index (κ2) is 22.3. The van der Waals surface area contributed by atoms with Gasteiger partial charge in [0.05, 0.1) is 27.4 Å². The van der Waals surface area contributed by atoms with E-state index in [0.717, 1.165) is 16.0 Å². The van der Waals surface area contributed by atoms with E-state index in [0.29, 0.717) is 11.5 Å². The first-order chi connectivity index (χ1) is 29.7. The standard InChI is InChI=1S/C44H47N3O13S/c1-27(48)53-26-34-36(57-32-22-20-31(51-3)21-23-32)37(54-24-29-14-8-5-9-15-29)35(46-47-45)43(58-34)59-39-38(55-25-30-16-10-6-11-17-30)41(56-28(2)49)44(60-40(39)42(50)52-4)61-33-18-12-7-13-19-33/h5-23,34-41,43-44H,24-26H2,1-4H3/t34-,35-,36-,37-,38+,39+,40-,41-,43-,44?/m1/s1. The van der Waals surface area contributed by atoms with Crippen LogP contribution in [0.2, 0.25) is 0 Å². The van der Waals surface area contributed by atoms with Crippen molar-refractivity contribution in [3.63, 3.8) is 0 Å². The van der Waals surface area contributed by atoms with E-state index < -0.39 is 78.4 Å². The molecule has 16 nitrogen and oxygen atoms in total. The van der Waals surface area contributed by atoms with E-state index in [9.17, 15) is 19.9 Å². The third-order valence-electron chi connectivity index (χ3n) is 9.67. The number of esters is 3. The number of thioether (sulfide) groups is 1. The number of azide groups is 1. The molecule has 61 heavy (non-hydrogen) atoms. The van der Waals surface area contributed by atoms with E-state index >= 15 is 0 Å². The van der Waals surface area contributed by atoms with E-state index in [4.69, 9.17) is 47.4 Å². The van der Waals surface area contributed by atoms with Gasteiger partial charge in [0, 0.05) is 23.7 Å². The summed E-state index contributed by atoms with van der Waals surface area (Å²) in [6, 6.07) is 33.2. The van der Waals surface area contributed by atoms with Crippen molar-refractivity contribution in [2.45, 2.75) is 92.5 Å². The summed E-state index contributed by atoms with van der Waals surface area (Å²) >= 11 is 1.21. The Morgan fingerprint density at radius 2 is 1.30 bits per heavy atom. The lowest BCUT2D eigenvalue weighted by Crippen LogP contribution is -2.66. The molecule has 0 aromatic heterocycles. The smallest absolute Gasteiger partial charge is 0.337 e. The molecule has 2 saturated heterocycles. The fourth-order valence-corrected chi connectivity index (χ4v) is 7.96. The van der Waals surface area contributed by atoms with Crippen LogP contribution in [0.4, 0.5) is 0 Å². The number of ether oxygens (including phenoxy) is 10. The minimum atomic E-state index is -1.53. The molecule has 0 saturated carbocycles. The molecule has 0 radical (unpaired) electrons. The number of benzene rings is 4. The van der Waals surface area contributed by atoms with Gasteiger partial charge in [-0.3, -0.25) is 9.59 Å². The summed E-state index contributed by atoms with van der Waals surface area (Å²) < 4.78 is 61.4. The lowest BCUT2D eigenvalue weighted by molar-refractivity contribution is -0.318. The van der Waals surface area contributed by atoms with Crippen LogP contribution in [0.1, 0.15) is 25.0 Å². The number of carbonyl (C=O) groups excluding carboxylic acids is 3. The highest BCUT2D eigenvalue weighted by Crippen LogP contribution is 2.40. The first-order valence-corrected chi connectivity index (χ1v) is 20.3. The SMILES string of the molecule is COC(=O)[C@@H]1OC(Sc2ccccc2)[C@H](OC(C)=O)[C@@H](OCc2ccccc2)[C@@H]1O[C@H]1O[C@H](COC(C)=O)[C@@H](Oc2ccc(OC)cc2)[C@H](OCc2ccccc2)[C@H]1N=[N+]=[N-]. The molecule has 0 amide bonds. The van der Waals surface area contributed by atoms with Gasteiger partial charge in [-0.2, -0.15) is 0 Å². The molecule has 4 aromatic rings. The average molecular weight is 858 g/mol. The predicted molar refractivity (Wildman–Crippen MR) is 219 cm³/mol. The Kier molecular flexibility index (Phi) is 16.4. The predicted octanol–water partition coefficient (Wildman–Crippen LogP) is 6.59. The summed E-state index contributed by atoms with van der Waals surface area (Å²) in [6.45, 7) is 2.19. The van der Waals surface area contributed by atoms with Gasteiger partial charge in [0.2, 0.25) is 0 Å². The first kappa shape index (κ1) is 44.9. The highest BCUT2D eigenvalue weighted by atomic mass is 32.2. The summed E-state index contributed by atoms with van der Waals surface area (Å²) in [5.41, 5.74) is 10.6. The van der Waals surface area contributed by atoms with Gasteiger partial charge < -0.3 is 47.4 Å². The van der Waals surface area contributed by atoms with E-state index in [1.807, 2.05) is 91.0 Å². The van der Waals surface area contributed by atoms with Crippen molar-refractivity contribution in [2.75, 3.05) is 20.8 Å². The van der Waals surface area contributed by atoms with Crippen LogP contribution in [-0.4, -0.2) is 99.2 Å². The molecule has 2 fully saturated rings. The first-order valence-electron chi connectivity index (χ1n) is 19.4. The number of nitrogens with zero attached hydrogens (tertiary/aromatic N) is 3. The summed E-state index contributed by atoms with van der Waals surface area (Å²) in [6.07, 6.45) is -10.2. The second-order valence-electron chi connectivity index (χ2n) is 13.9. The normalized spacial score (nSPS) is 25.9. The van der Waals surface area contributed by atoms with Gasteiger partial charge in [0.1, 0.15) is 54.0 Å². The number of hydrogen-bond donors (Lipinski definition) is 0. The van der Waals surface area contributed by atoms with Crippen molar-refractivity contribution >= 4 is 29.7 Å². The van der Waals surface area contributed by atoms with Crippen LogP contribution in [0, 0.1) is 0 Å². The average Bonchev–Trinajstić information content (AvgIpc) is 3.27. The van der Waals surface area contributed by atoms with Crippen LogP contribution in [-0.2, 0) is 65.5 Å². The molecule has 1 unspecified atom stereocenters. The fraction of sp³-hybridized carbons (Fsp3) is 0.386. The molecule has 0 spiro atoms. The number of methoxy groups -OCH3 is 2. The highest BCUT2D eigenvalue weighted by Gasteiger charge is 2.56. The maximum Gasteiger partial charge on any atom is 0.337 e. The topological polar surface area (TPSA) is 192 Å². The van der Waals surface area contributed by atoms with E-state index in [-0.39, 0.29) is 19.8 Å². The minimum absolute atomic E-state index is 0.000706. The third-order valence-corrected chi connectivity index (χ3v) is 10.8. The van der Waals surface area contributed by atoms with Crippen LogP contribution in [0.15, 0.2) is 125 Å². The zero-order valence-electron chi connectivity index (χ0n) is 33.9. The molecule has 0 N–H and O–H groups in total. The molecule has 0 aliphatic carbocycles. The Bertz CT molecular complexity index is 2060. The fourth-order valence-electron chi connectivity index (χ4n) is 6.85. The zero-order valence-corrected chi connectivity index (χ0v) is 34.7. The number of rotatable bonds is 18. The van der Waals surface area contributed by atoms with Crippen LogP contribution in [0.3, 0.4) is 0 Å². The van der Waals surface area contributed by atoms with Gasteiger partial charge in [-0.05, 0) is 53.1 Å². The van der Waals surface area contributed by atoms with Crippen molar-refractivity contribution < 1.29 is 61.8 Å². The summed E-state index contributed by atoms with van der Waals surface area (Å²) in [7, 11) is 2.73. The Morgan fingerprint density at radius 1 is 0.705 bits per heavy atom. The van der Waals surface area contributed by atoms with Crippen molar-refractivity contribution in [2.24, 2.45) is 5.11 Å². The molecule has 322 valence electrons. The lowest BCUT2D eigenvalue weighted by atomic mass is 9.95. The van der Waals surface area contributed by atoms with Gasteiger partial charge in [0.15, 0.2) is 24.6 Å². The Morgan fingerprint density at radius 3 is 1.85 bits per heavy atom. The molecule has 2 aliphatic rings. The second-order valence-corrected chi connectivity index (χ2v) is 15.0. The minimum Gasteiger partial charge on any atom is -0.497 e. The van der Waals surface area contributed by atoms with E-state index in [1.54, 1.807) is 24.3 Å². The maximum absolute atomic E-state index is 13.8. The van der Waals surface area contributed by atoms with Gasteiger partial charge in [0.25, 0.3) is 0 Å². The molecule has 2 aliphatic heterocycles. The zero-order chi connectivity index (χ0) is 43.1. The van der Waals surface area contributed by atoms with E-state index in [1.165, 1.54) is 39.8 Å². The third kappa shape index (κ3) is 12.2. The molecule has 6 rings (SSSR count). The monoisotopic (exact) mass is 857 g/mol. The lowest BCUT2D eigenvalue weighted by Gasteiger charge is -2.48. The maximum atomic E-state index is 13.8. The van der Waals surface area contributed by atoms with Crippen LogP contribution < -0.4 is 9.47 Å². The van der Waals surface area contributed by atoms with Crippen molar-refractivity contribution in [1.29, 1.82) is 0 Å². The van der Waals surface area contributed by atoms with Crippen LogP contribution >= 0.6 is 11.8 Å². The molecular formula is C44H47N3O13S. The molecule has 17 heteroatoms. The Hall–Kier alpha value is -5.65. The Balaban J connectivity index is 1.43. The van der Waals surface area contributed by atoms with Gasteiger partial charge in [-0.25, -0.2) is 4.79 Å². The van der Waals surface area contributed by atoms with E-state index in [2.05, 4.69) is 10.0 Å². The van der Waals surface area contributed by atoms with Crippen molar-refractivity contribution in [1.82, 2.24) is 0 Å². The van der Waals surface area contributed by atoms with Gasteiger partial charge in [-0.15, -0.1) is 0 Å². The van der Waals surface area contributed by atoms with Crippen LogP contribution in [0.5, 0.6) is 11.5 Å². The summed E-state index contributed by atoms with van der Waals surface area (Å²) in [4.78, 5) is 42.8. The van der Waals surface area contributed by atoms with Crippen LogP contribution in [0.25, 0.3) is 10.4 Å². The van der Waals surface area contributed by atoms with Crippen molar-refractivity contribution in [3.8, 4) is 11.5 Å². The number of hydrogen-bond acceptors (Lipinski definition) is 15. The number of carbonyl (C=O) groups is 3. The van der Waals surface area contributed by atoms with Gasteiger partial charge in [-0.1, -0.05) is 95.7 Å². The highest BCUT2D eigenvalue weighted by molar-refractivity contribution is 7.99. The quantitative estimate of drug-likeness (QED) is 0.0342. The Labute approximate surface area is 357 Å². The molecular weight excluding hydrogens is 811 g/mol. The van der Waals surface area contributed by atoms with Gasteiger partial charge >= 0.3 is 17.9 Å².